The molecular formula is C11H15N3O. The van der Waals surface area contributed by atoms with Crippen LogP contribution in [0.15, 0.2) is 12.4 Å². The van der Waals surface area contributed by atoms with E-state index in [1.807, 2.05) is 11.8 Å². The van der Waals surface area contributed by atoms with E-state index in [4.69, 9.17) is 0 Å². The van der Waals surface area contributed by atoms with Crippen LogP contribution < -0.4 is 0 Å². The second-order valence-corrected chi connectivity index (χ2v) is 3.90. The van der Waals surface area contributed by atoms with Crippen LogP contribution in [0, 0.1) is 6.92 Å². The lowest BCUT2D eigenvalue weighted by Gasteiger charge is -2.26. The Morgan fingerprint density at radius 1 is 1.27 bits per heavy atom. The Balaban J connectivity index is 2.12. The summed E-state index contributed by atoms with van der Waals surface area (Å²) >= 11 is 0. The average molecular weight is 205 g/mol. The second-order valence-electron chi connectivity index (χ2n) is 3.90. The van der Waals surface area contributed by atoms with Crippen LogP contribution in [0.1, 0.15) is 35.4 Å². The highest BCUT2D eigenvalue weighted by molar-refractivity contribution is 5.92. The first-order valence-corrected chi connectivity index (χ1v) is 5.35. The van der Waals surface area contributed by atoms with E-state index in [9.17, 15) is 4.79 Å². The molecular weight excluding hydrogens is 190 g/mol. The molecule has 0 unspecified atom stereocenters. The highest BCUT2D eigenvalue weighted by Gasteiger charge is 2.18. The van der Waals surface area contributed by atoms with Crippen molar-refractivity contribution in [2.45, 2.75) is 26.2 Å². The van der Waals surface area contributed by atoms with E-state index < -0.39 is 0 Å². The monoisotopic (exact) mass is 205 g/mol. The van der Waals surface area contributed by atoms with Gasteiger partial charge in [0.25, 0.3) is 5.91 Å². The summed E-state index contributed by atoms with van der Waals surface area (Å²) in [5, 5.41) is 0. The van der Waals surface area contributed by atoms with Gasteiger partial charge in [-0.1, -0.05) is 0 Å². The molecule has 0 radical (unpaired) electrons. The first-order valence-electron chi connectivity index (χ1n) is 5.35. The summed E-state index contributed by atoms with van der Waals surface area (Å²) in [6.45, 7) is 3.60. The summed E-state index contributed by atoms with van der Waals surface area (Å²) < 4.78 is 0. The molecule has 80 valence electrons. The molecule has 0 spiro atoms. The zero-order valence-corrected chi connectivity index (χ0v) is 8.94. The maximum Gasteiger partial charge on any atom is 0.272 e. The molecule has 1 fully saturated rings. The molecule has 1 amide bonds. The second kappa shape index (κ2) is 4.38. The highest BCUT2D eigenvalue weighted by atomic mass is 16.2. The van der Waals surface area contributed by atoms with Gasteiger partial charge in [-0.25, -0.2) is 9.97 Å². The van der Waals surface area contributed by atoms with Crippen LogP contribution in [-0.4, -0.2) is 33.9 Å². The molecule has 0 aliphatic carbocycles. The summed E-state index contributed by atoms with van der Waals surface area (Å²) in [7, 11) is 0. The SMILES string of the molecule is Cc1cc(C(=O)N2CCCCC2)ncn1. The van der Waals surface area contributed by atoms with Crippen LogP contribution in [0.3, 0.4) is 0 Å². The van der Waals surface area contributed by atoms with Crippen LogP contribution in [0.5, 0.6) is 0 Å². The Morgan fingerprint density at radius 2 is 2.00 bits per heavy atom. The summed E-state index contributed by atoms with van der Waals surface area (Å²) in [6.07, 6.45) is 4.89. The summed E-state index contributed by atoms with van der Waals surface area (Å²) in [4.78, 5) is 21.9. The van der Waals surface area contributed by atoms with Crippen molar-refractivity contribution in [2.75, 3.05) is 13.1 Å². The zero-order valence-electron chi connectivity index (χ0n) is 8.94. The first kappa shape index (κ1) is 10.1. The number of hydrogen-bond donors (Lipinski definition) is 0. The minimum absolute atomic E-state index is 0.0419. The average Bonchev–Trinajstić information content (AvgIpc) is 2.29. The van der Waals surface area contributed by atoms with E-state index in [1.54, 1.807) is 6.07 Å². The standard InChI is InChI=1S/C11H15N3O/c1-9-7-10(13-8-12-9)11(15)14-5-3-2-4-6-14/h7-8H,2-6H2,1H3. The van der Waals surface area contributed by atoms with Crippen LogP contribution >= 0.6 is 0 Å². The van der Waals surface area contributed by atoms with E-state index in [0.717, 1.165) is 31.6 Å². The third-order valence-corrected chi connectivity index (χ3v) is 2.67. The van der Waals surface area contributed by atoms with E-state index in [1.165, 1.54) is 12.7 Å². The van der Waals surface area contributed by atoms with Crippen molar-refractivity contribution in [1.29, 1.82) is 0 Å². The summed E-state index contributed by atoms with van der Waals surface area (Å²) in [5.41, 5.74) is 1.36. The fourth-order valence-electron chi connectivity index (χ4n) is 1.83. The lowest BCUT2D eigenvalue weighted by Crippen LogP contribution is -2.36. The third kappa shape index (κ3) is 2.32. The van der Waals surface area contributed by atoms with Gasteiger partial charge in [0.05, 0.1) is 0 Å². The van der Waals surface area contributed by atoms with E-state index in [2.05, 4.69) is 9.97 Å². The number of nitrogens with zero attached hydrogens (tertiary/aromatic N) is 3. The van der Waals surface area contributed by atoms with Gasteiger partial charge in [0.1, 0.15) is 12.0 Å². The van der Waals surface area contributed by atoms with Gasteiger partial charge in [0, 0.05) is 18.8 Å². The van der Waals surface area contributed by atoms with Gasteiger partial charge >= 0.3 is 0 Å². The Kier molecular flexibility index (Phi) is 2.94. The Hall–Kier alpha value is -1.45. The van der Waals surface area contributed by atoms with Gasteiger partial charge in [-0.3, -0.25) is 4.79 Å². The van der Waals surface area contributed by atoms with Crippen LogP contribution in [0.4, 0.5) is 0 Å². The molecule has 2 rings (SSSR count). The van der Waals surface area contributed by atoms with Crippen molar-refractivity contribution >= 4 is 5.91 Å². The van der Waals surface area contributed by atoms with Crippen molar-refractivity contribution in [3.63, 3.8) is 0 Å². The number of carbonyl (C=O) groups is 1. The van der Waals surface area contributed by atoms with E-state index >= 15 is 0 Å². The number of aryl methyl sites for hydroxylation is 1. The quantitative estimate of drug-likeness (QED) is 0.696. The molecule has 1 aromatic heterocycles. The van der Waals surface area contributed by atoms with Crippen LogP contribution in [0.25, 0.3) is 0 Å². The maximum atomic E-state index is 12.0. The van der Waals surface area contributed by atoms with Crippen molar-refractivity contribution in [2.24, 2.45) is 0 Å². The number of piperidine rings is 1. The van der Waals surface area contributed by atoms with Crippen molar-refractivity contribution < 1.29 is 4.79 Å². The molecule has 0 aromatic carbocycles. The number of rotatable bonds is 1. The molecule has 2 heterocycles. The number of aromatic nitrogens is 2. The number of likely N-dealkylation sites (tertiary alicyclic amines) is 1. The zero-order chi connectivity index (χ0) is 10.7. The largest absolute Gasteiger partial charge is 0.337 e. The summed E-state index contributed by atoms with van der Waals surface area (Å²) in [5.74, 6) is 0.0419. The van der Waals surface area contributed by atoms with E-state index in [0.29, 0.717) is 5.69 Å². The van der Waals surface area contributed by atoms with Gasteiger partial charge in [0.2, 0.25) is 0 Å². The van der Waals surface area contributed by atoms with Crippen molar-refractivity contribution in [1.82, 2.24) is 14.9 Å². The molecule has 1 saturated heterocycles. The third-order valence-electron chi connectivity index (χ3n) is 2.67. The molecule has 4 heteroatoms. The van der Waals surface area contributed by atoms with Gasteiger partial charge in [-0.05, 0) is 32.3 Å². The Labute approximate surface area is 89.3 Å². The van der Waals surface area contributed by atoms with Gasteiger partial charge in [-0.2, -0.15) is 0 Å². The summed E-state index contributed by atoms with van der Waals surface area (Å²) in [6, 6.07) is 1.75. The molecule has 0 bridgehead atoms. The molecule has 4 nitrogen and oxygen atoms in total. The fourth-order valence-corrected chi connectivity index (χ4v) is 1.83. The first-order chi connectivity index (χ1) is 7.27. The predicted molar refractivity (Wildman–Crippen MR) is 56.5 cm³/mol. The molecule has 0 N–H and O–H groups in total. The number of hydrogen-bond acceptors (Lipinski definition) is 3. The van der Waals surface area contributed by atoms with E-state index in [-0.39, 0.29) is 5.91 Å². The maximum absolute atomic E-state index is 12.0. The fraction of sp³-hybridized carbons (Fsp3) is 0.545. The topological polar surface area (TPSA) is 46.1 Å². The van der Waals surface area contributed by atoms with Gasteiger partial charge in [-0.15, -0.1) is 0 Å². The molecule has 1 aliphatic rings. The Bertz CT molecular complexity index is 359. The number of carbonyl (C=O) groups excluding carboxylic acids is 1. The van der Waals surface area contributed by atoms with Crippen LogP contribution in [0.2, 0.25) is 0 Å². The smallest absolute Gasteiger partial charge is 0.272 e. The molecule has 0 saturated carbocycles. The highest BCUT2D eigenvalue weighted by Crippen LogP contribution is 2.11. The molecule has 1 aromatic rings. The van der Waals surface area contributed by atoms with Crippen molar-refractivity contribution in [3.05, 3.63) is 23.8 Å². The molecule has 0 atom stereocenters. The lowest BCUT2D eigenvalue weighted by molar-refractivity contribution is 0.0718. The van der Waals surface area contributed by atoms with Crippen molar-refractivity contribution in [3.8, 4) is 0 Å². The molecule has 15 heavy (non-hydrogen) atoms. The van der Waals surface area contributed by atoms with Crippen LogP contribution in [-0.2, 0) is 0 Å². The predicted octanol–water partition coefficient (Wildman–Crippen LogP) is 1.41. The molecule has 1 aliphatic heterocycles. The minimum atomic E-state index is 0.0419. The lowest BCUT2D eigenvalue weighted by atomic mass is 10.1. The number of amides is 1. The Morgan fingerprint density at radius 3 is 2.67 bits per heavy atom. The van der Waals surface area contributed by atoms with Gasteiger partial charge in [0.15, 0.2) is 0 Å². The normalized spacial score (nSPS) is 16.5. The minimum Gasteiger partial charge on any atom is -0.337 e. The van der Waals surface area contributed by atoms with Gasteiger partial charge < -0.3 is 4.90 Å².